The van der Waals surface area contributed by atoms with E-state index in [4.69, 9.17) is 0 Å². The van der Waals surface area contributed by atoms with Crippen molar-refractivity contribution in [3.63, 3.8) is 0 Å². The molecule has 0 unspecified atom stereocenters. The molecule has 0 bridgehead atoms. The first-order valence-corrected chi connectivity index (χ1v) is 9.50. The Morgan fingerprint density at radius 2 is 1.81 bits per heavy atom. The van der Waals surface area contributed by atoms with E-state index in [0.29, 0.717) is 25.1 Å². The van der Waals surface area contributed by atoms with Crippen LogP contribution in [0.5, 0.6) is 0 Å². The molecule has 0 aromatic rings. The minimum Gasteiger partial charge on any atom is -0.359 e. The molecule has 9 heteroatoms. The first-order chi connectivity index (χ1) is 12.3. The number of carbonyl (C=O) groups is 2. The van der Waals surface area contributed by atoms with Gasteiger partial charge in [-0.1, -0.05) is 6.92 Å². The van der Waals surface area contributed by atoms with Crippen molar-refractivity contribution in [1.82, 2.24) is 26.2 Å². The molecule has 4 N–H and O–H groups in total. The van der Waals surface area contributed by atoms with Gasteiger partial charge in [0.15, 0.2) is 5.96 Å². The standard InChI is InChI=1S/C18H36N6O2.HI/c1-6-9-21-15(25)12-24-10-7-14(8-11-24)23-17(20-5)22-13-18(2,3)16(26)19-4;/h14H,6-13H2,1-5H3,(H,19,26)(H,21,25)(H2,20,22,23);1H. The summed E-state index contributed by atoms with van der Waals surface area (Å²) in [6.07, 6.45) is 2.88. The van der Waals surface area contributed by atoms with Gasteiger partial charge in [0.25, 0.3) is 0 Å². The van der Waals surface area contributed by atoms with E-state index in [0.717, 1.165) is 38.9 Å². The summed E-state index contributed by atoms with van der Waals surface area (Å²) in [5.41, 5.74) is -0.512. The molecule has 1 aliphatic heterocycles. The molecule has 27 heavy (non-hydrogen) atoms. The summed E-state index contributed by atoms with van der Waals surface area (Å²) in [7, 11) is 3.38. The Morgan fingerprint density at radius 1 is 1.19 bits per heavy atom. The van der Waals surface area contributed by atoms with E-state index in [-0.39, 0.29) is 35.8 Å². The first kappa shape index (κ1) is 25.9. The molecule has 0 aromatic heterocycles. The quantitative estimate of drug-likeness (QED) is 0.223. The Balaban J connectivity index is 0.00000676. The van der Waals surface area contributed by atoms with Crippen LogP contribution < -0.4 is 21.3 Å². The summed E-state index contributed by atoms with van der Waals surface area (Å²) in [4.78, 5) is 30.1. The Labute approximate surface area is 180 Å². The number of nitrogens with zero attached hydrogens (tertiary/aromatic N) is 2. The fourth-order valence-corrected chi connectivity index (χ4v) is 2.87. The zero-order chi connectivity index (χ0) is 19.6. The molecule has 0 aromatic carbocycles. The third-order valence-corrected chi connectivity index (χ3v) is 4.63. The molecule has 158 valence electrons. The second kappa shape index (κ2) is 13.1. The van der Waals surface area contributed by atoms with Gasteiger partial charge in [-0.2, -0.15) is 0 Å². The zero-order valence-corrected chi connectivity index (χ0v) is 19.7. The highest BCUT2D eigenvalue weighted by Crippen LogP contribution is 2.13. The number of hydrogen-bond donors (Lipinski definition) is 4. The van der Waals surface area contributed by atoms with E-state index >= 15 is 0 Å². The summed E-state index contributed by atoms with van der Waals surface area (Å²) < 4.78 is 0. The van der Waals surface area contributed by atoms with Gasteiger partial charge in [0.05, 0.1) is 12.0 Å². The van der Waals surface area contributed by atoms with Crippen molar-refractivity contribution in [3.8, 4) is 0 Å². The Morgan fingerprint density at radius 3 is 2.33 bits per heavy atom. The molecule has 1 rings (SSSR count). The SMILES string of the molecule is CCCNC(=O)CN1CCC(NC(=NC)NCC(C)(C)C(=O)NC)CC1.I. The van der Waals surface area contributed by atoms with Crippen LogP contribution in [0.3, 0.4) is 0 Å². The smallest absolute Gasteiger partial charge is 0.234 e. The average Bonchev–Trinajstić information content (AvgIpc) is 2.64. The minimum absolute atomic E-state index is 0. The molecule has 8 nitrogen and oxygen atoms in total. The van der Waals surface area contributed by atoms with Gasteiger partial charge in [-0.15, -0.1) is 24.0 Å². The van der Waals surface area contributed by atoms with E-state index in [2.05, 4.69) is 31.2 Å². The maximum atomic E-state index is 11.9. The zero-order valence-electron chi connectivity index (χ0n) is 17.4. The van der Waals surface area contributed by atoms with Crippen LogP contribution in [0.2, 0.25) is 0 Å². The topological polar surface area (TPSA) is 97.9 Å². The van der Waals surface area contributed by atoms with Crippen molar-refractivity contribution in [2.75, 3.05) is 46.8 Å². The number of rotatable bonds is 8. The number of aliphatic imine (C=N–C) groups is 1. The van der Waals surface area contributed by atoms with Crippen molar-refractivity contribution in [1.29, 1.82) is 0 Å². The molecular formula is C18H37IN6O2. The van der Waals surface area contributed by atoms with Crippen LogP contribution in [-0.2, 0) is 9.59 Å². The van der Waals surface area contributed by atoms with Gasteiger partial charge in [0, 0.05) is 46.3 Å². The summed E-state index contributed by atoms with van der Waals surface area (Å²) in [6.45, 7) is 9.33. The number of carbonyl (C=O) groups excluding carboxylic acids is 2. The van der Waals surface area contributed by atoms with Crippen LogP contribution in [0.25, 0.3) is 0 Å². The summed E-state index contributed by atoms with van der Waals surface area (Å²) >= 11 is 0. The second-order valence-electron chi connectivity index (χ2n) is 7.43. The lowest BCUT2D eigenvalue weighted by molar-refractivity contribution is -0.128. The molecule has 1 heterocycles. The van der Waals surface area contributed by atoms with E-state index in [9.17, 15) is 9.59 Å². The van der Waals surface area contributed by atoms with Crippen LogP contribution in [0.15, 0.2) is 4.99 Å². The maximum Gasteiger partial charge on any atom is 0.234 e. The fraction of sp³-hybridized carbons (Fsp3) is 0.833. The van der Waals surface area contributed by atoms with Gasteiger partial charge in [-0.3, -0.25) is 19.5 Å². The van der Waals surface area contributed by atoms with E-state index in [1.807, 2.05) is 20.8 Å². The number of amides is 2. The molecule has 2 amide bonds. The Hall–Kier alpha value is -1.10. The molecular weight excluding hydrogens is 459 g/mol. The van der Waals surface area contributed by atoms with Crippen LogP contribution in [0, 0.1) is 5.41 Å². The van der Waals surface area contributed by atoms with E-state index in [1.165, 1.54) is 0 Å². The van der Waals surface area contributed by atoms with Gasteiger partial charge >= 0.3 is 0 Å². The van der Waals surface area contributed by atoms with Crippen molar-refractivity contribution in [2.24, 2.45) is 10.4 Å². The van der Waals surface area contributed by atoms with E-state index < -0.39 is 5.41 Å². The molecule has 0 atom stereocenters. The highest BCUT2D eigenvalue weighted by Gasteiger charge is 2.27. The first-order valence-electron chi connectivity index (χ1n) is 9.50. The molecule has 1 fully saturated rings. The average molecular weight is 496 g/mol. The van der Waals surface area contributed by atoms with Crippen molar-refractivity contribution in [2.45, 2.75) is 46.1 Å². The van der Waals surface area contributed by atoms with Gasteiger partial charge in [0.1, 0.15) is 0 Å². The van der Waals surface area contributed by atoms with Gasteiger partial charge in [0.2, 0.25) is 11.8 Å². The van der Waals surface area contributed by atoms with Crippen molar-refractivity contribution >= 4 is 41.8 Å². The maximum absolute atomic E-state index is 11.9. The highest BCUT2D eigenvalue weighted by atomic mass is 127. The molecule has 0 saturated carbocycles. The van der Waals surface area contributed by atoms with Crippen LogP contribution >= 0.6 is 24.0 Å². The normalized spacial score (nSPS) is 16.3. The monoisotopic (exact) mass is 496 g/mol. The molecule has 0 radical (unpaired) electrons. The fourth-order valence-electron chi connectivity index (χ4n) is 2.87. The Kier molecular flexibility index (Phi) is 12.6. The summed E-state index contributed by atoms with van der Waals surface area (Å²) in [6, 6.07) is 0.319. The number of nitrogens with one attached hydrogen (secondary N) is 4. The van der Waals surface area contributed by atoms with Gasteiger partial charge in [-0.05, 0) is 33.1 Å². The number of halogens is 1. The molecule has 0 aliphatic carbocycles. The third-order valence-electron chi connectivity index (χ3n) is 4.63. The lowest BCUT2D eigenvalue weighted by Gasteiger charge is -2.33. The Bertz CT molecular complexity index is 490. The number of piperidine rings is 1. The van der Waals surface area contributed by atoms with Crippen LogP contribution in [0.4, 0.5) is 0 Å². The predicted molar refractivity (Wildman–Crippen MR) is 121 cm³/mol. The van der Waals surface area contributed by atoms with Gasteiger partial charge in [-0.25, -0.2) is 0 Å². The van der Waals surface area contributed by atoms with Crippen LogP contribution in [0.1, 0.15) is 40.0 Å². The van der Waals surface area contributed by atoms with Crippen molar-refractivity contribution in [3.05, 3.63) is 0 Å². The summed E-state index contributed by atoms with van der Waals surface area (Å²) in [5.74, 6) is 0.809. The molecule has 1 aliphatic rings. The molecule has 1 saturated heterocycles. The molecule has 0 spiro atoms. The van der Waals surface area contributed by atoms with E-state index in [1.54, 1.807) is 14.1 Å². The number of likely N-dealkylation sites (tertiary alicyclic amines) is 1. The predicted octanol–water partition coefficient (Wildman–Crippen LogP) is 0.532. The largest absolute Gasteiger partial charge is 0.359 e. The minimum atomic E-state index is -0.512. The number of hydrogen-bond acceptors (Lipinski definition) is 4. The lowest BCUT2D eigenvalue weighted by atomic mass is 9.92. The highest BCUT2D eigenvalue weighted by molar-refractivity contribution is 14.0. The van der Waals surface area contributed by atoms with Gasteiger partial charge < -0.3 is 21.3 Å². The second-order valence-corrected chi connectivity index (χ2v) is 7.43. The third kappa shape index (κ3) is 9.59. The summed E-state index contributed by atoms with van der Waals surface area (Å²) in [5, 5.41) is 12.3. The van der Waals surface area contributed by atoms with Crippen LogP contribution in [-0.4, -0.2) is 75.5 Å². The van der Waals surface area contributed by atoms with Crippen molar-refractivity contribution < 1.29 is 9.59 Å². The lowest BCUT2D eigenvalue weighted by Crippen LogP contribution is -2.52. The number of guanidine groups is 1.